The monoisotopic (exact) mass is 352 g/mol. The van der Waals surface area contributed by atoms with Crippen molar-refractivity contribution < 1.29 is 17.9 Å². The summed E-state index contributed by atoms with van der Waals surface area (Å²) in [6, 6.07) is 1.76. The lowest BCUT2D eigenvalue weighted by atomic mass is 10.2. The van der Waals surface area contributed by atoms with Gasteiger partial charge in [0.2, 0.25) is 10.0 Å². The molecular weight excluding hydrogens is 339 g/mol. The number of rotatable bonds is 3. The van der Waals surface area contributed by atoms with E-state index < -0.39 is 22.0 Å². The number of halogens is 2. The third-order valence-electron chi connectivity index (χ3n) is 3.26. The minimum absolute atomic E-state index is 0.0736. The van der Waals surface area contributed by atoms with Crippen molar-refractivity contribution in [3.8, 4) is 0 Å². The molecule has 0 bridgehead atoms. The summed E-state index contributed by atoms with van der Waals surface area (Å²) in [4.78, 5) is 11.5. The van der Waals surface area contributed by atoms with E-state index in [0.29, 0.717) is 12.8 Å². The molecule has 1 unspecified atom stereocenters. The molecule has 1 atom stereocenters. The van der Waals surface area contributed by atoms with E-state index >= 15 is 0 Å². The SMILES string of the molecule is COC(=O)C1CCCN1S(=O)(=O)c1c(Cl)cc(N)cc1Cl. The maximum Gasteiger partial charge on any atom is 0.324 e. The molecule has 21 heavy (non-hydrogen) atoms. The molecule has 0 aromatic heterocycles. The third kappa shape index (κ3) is 2.96. The quantitative estimate of drug-likeness (QED) is 0.662. The van der Waals surface area contributed by atoms with Crippen LogP contribution in [0.1, 0.15) is 12.8 Å². The zero-order chi connectivity index (χ0) is 15.8. The van der Waals surface area contributed by atoms with Crippen molar-refractivity contribution in [1.82, 2.24) is 4.31 Å². The summed E-state index contributed by atoms with van der Waals surface area (Å²) < 4.78 is 31.2. The molecule has 116 valence electrons. The second-order valence-corrected chi connectivity index (χ2v) is 7.25. The Morgan fingerprint density at radius 1 is 1.38 bits per heavy atom. The van der Waals surface area contributed by atoms with Gasteiger partial charge < -0.3 is 10.5 Å². The van der Waals surface area contributed by atoms with E-state index in [1.54, 1.807) is 0 Å². The van der Waals surface area contributed by atoms with E-state index in [4.69, 9.17) is 28.9 Å². The van der Waals surface area contributed by atoms with Crippen molar-refractivity contribution in [3.63, 3.8) is 0 Å². The van der Waals surface area contributed by atoms with Crippen LogP contribution in [0.5, 0.6) is 0 Å². The van der Waals surface area contributed by atoms with E-state index in [1.807, 2.05) is 0 Å². The highest BCUT2D eigenvalue weighted by molar-refractivity contribution is 7.89. The Morgan fingerprint density at radius 3 is 2.48 bits per heavy atom. The van der Waals surface area contributed by atoms with Gasteiger partial charge in [-0.3, -0.25) is 4.79 Å². The van der Waals surface area contributed by atoms with Crippen LogP contribution in [-0.4, -0.2) is 38.4 Å². The number of ether oxygens (including phenoxy) is 1. The molecule has 0 saturated carbocycles. The Hall–Kier alpha value is -1.02. The summed E-state index contributed by atoms with van der Waals surface area (Å²) in [5.74, 6) is -0.598. The maximum atomic E-state index is 12.7. The van der Waals surface area contributed by atoms with Gasteiger partial charge in [0.05, 0.1) is 17.2 Å². The number of nitrogens with two attached hydrogens (primary N) is 1. The van der Waals surface area contributed by atoms with Gasteiger partial charge in [0.1, 0.15) is 10.9 Å². The van der Waals surface area contributed by atoms with E-state index in [-0.39, 0.29) is 27.2 Å². The Labute approximate surface area is 132 Å². The van der Waals surface area contributed by atoms with Gasteiger partial charge in [-0.15, -0.1) is 0 Å². The van der Waals surface area contributed by atoms with Gasteiger partial charge in [-0.2, -0.15) is 4.31 Å². The number of hydrogen-bond acceptors (Lipinski definition) is 5. The average Bonchev–Trinajstić information content (AvgIpc) is 2.86. The van der Waals surface area contributed by atoms with Crippen LogP contribution in [0.4, 0.5) is 5.69 Å². The van der Waals surface area contributed by atoms with Crippen LogP contribution < -0.4 is 5.73 Å². The molecular formula is C12H14Cl2N2O4S. The van der Waals surface area contributed by atoms with E-state index in [1.165, 1.54) is 19.2 Å². The number of benzene rings is 1. The highest BCUT2D eigenvalue weighted by atomic mass is 35.5. The predicted molar refractivity (Wildman–Crippen MR) is 79.8 cm³/mol. The topological polar surface area (TPSA) is 89.7 Å². The molecule has 0 radical (unpaired) electrons. The number of anilines is 1. The maximum absolute atomic E-state index is 12.7. The zero-order valence-electron chi connectivity index (χ0n) is 11.2. The summed E-state index contributed by atoms with van der Waals surface area (Å²) >= 11 is 11.9. The lowest BCUT2D eigenvalue weighted by Gasteiger charge is -2.23. The van der Waals surface area contributed by atoms with Gasteiger partial charge in [-0.25, -0.2) is 8.42 Å². The number of esters is 1. The van der Waals surface area contributed by atoms with Crippen molar-refractivity contribution in [2.45, 2.75) is 23.8 Å². The summed E-state index contributed by atoms with van der Waals surface area (Å²) in [6.45, 7) is 0.207. The number of nitrogens with zero attached hydrogens (tertiary/aromatic N) is 1. The first-order valence-corrected chi connectivity index (χ1v) is 8.33. The number of carbonyl (C=O) groups excluding carboxylic acids is 1. The number of hydrogen-bond donors (Lipinski definition) is 1. The van der Waals surface area contributed by atoms with E-state index in [2.05, 4.69) is 4.74 Å². The van der Waals surface area contributed by atoms with Crippen molar-refractivity contribution >= 4 is 44.9 Å². The number of nitrogen functional groups attached to an aromatic ring is 1. The van der Waals surface area contributed by atoms with Gasteiger partial charge in [0.15, 0.2) is 0 Å². The lowest BCUT2D eigenvalue weighted by Crippen LogP contribution is -2.41. The number of methoxy groups -OCH3 is 1. The number of carbonyl (C=O) groups is 1. The second kappa shape index (κ2) is 6.00. The Balaban J connectivity index is 2.50. The largest absolute Gasteiger partial charge is 0.468 e. The predicted octanol–water partition coefficient (Wildman–Crippen LogP) is 1.90. The van der Waals surface area contributed by atoms with Crippen LogP contribution in [0.3, 0.4) is 0 Å². The van der Waals surface area contributed by atoms with Crippen molar-refractivity contribution in [3.05, 3.63) is 22.2 Å². The summed E-state index contributed by atoms with van der Waals surface area (Å²) in [7, 11) is -2.79. The van der Waals surface area contributed by atoms with Crippen LogP contribution in [0.15, 0.2) is 17.0 Å². The summed E-state index contributed by atoms with van der Waals surface area (Å²) in [5, 5.41) is -0.147. The Morgan fingerprint density at radius 2 is 1.95 bits per heavy atom. The zero-order valence-corrected chi connectivity index (χ0v) is 13.5. The molecule has 1 aromatic rings. The molecule has 1 saturated heterocycles. The molecule has 1 aliphatic rings. The molecule has 2 rings (SSSR count). The van der Waals surface area contributed by atoms with Gasteiger partial charge in [-0.1, -0.05) is 23.2 Å². The first kappa shape index (κ1) is 16.4. The minimum atomic E-state index is -4.01. The molecule has 1 aliphatic heterocycles. The first-order chi connectivity index (χ1) is 9.78. The number of sulfonamides is 1. The van der Waals surface area contributed by atoms with E-state index in [9.17, 15) is 13.2 Å². The standard InChI is InChI=1S/C12H14Cl2N2O4S/c1-20-12(17)10-3-2-4-16(10)21(18,19)11-8(13)5-7(15)6-9(11)14/h5-6,10H,2-4,15H2,1H3. The van der Waals surface area contributed by atoms with Crippen LogP contribution in [0.2, 0.25) is 10.0 Å². The van der Waals surface area contributed by atoms with E-state index in [0.717, 1.165) is 4.31 Å². The second-order valence-electron chi connectivity index (χ2n) is 4.61. The van der Waals surface area contributed by atoms with Crippen molar-refractivity contribution in [2.24, 2.45) is 0 Å². The fourth-order valence-corrected chi connectivity index (χ4v) is 5.17. The van der Waals surface area contributed by atoms with Crippen LogP contribution in [-0.2, 0) is 19.6 Å². The highest BCUT2D eigenvalue weighted by Crippen LogP contribution is 2.36. The molecule has 2 N–H and O–H groups in total. The van der Waals surface area contributed by atoms with Gasteiger partial charge in [0, 0.05) is 12.2 Å². The van der Waals surface area contributed by atoms with Gasteiger partial charge in [0.25, 0.3) is 0 Å². The molecule has 1 heterocycles. The third-order valence-corrected chi connectivity index (χ3v) is 6.09. The Kier molecular flexibility index (Phi) is 4.67. The van der Waals surface area contributed by atoms with Crippen molar-refractivity contribution in [2.75, 3.05) is 19.4 Å². The highest BCUT2D eigenvalue weighted by Gasteiger charge is 2.41. The van der Waals surface area contributed by atoms with Gasteiger partial charge >= 0.3 is 5.97 Å². The smallest absolute Gasteiger partial charge is 0.324 e. The summed E-state index contributed by atoms with van der Waals surface area (Å²) in [5.41, 5.74) is 5.83. The average molecular weight is 353 g/mol. The van der Waals surface area contributed by atoms with Gasteiger partial charge in [-0.05, 0) is 25.0 Å². The van der Waals surface area contributed by atoms with Crippen LogP contribution in [0, 0.1) is 0 Å². The molecule has 1 aromatic carbocycles. The fraction of sp³-hybridized carbons (Fsp3) is 0.417. The van der Waals surface area contributed by atoms with Crippen LogP contribution >= 0.6 is 23.2 Å². The summed E-state index contributed by atoms with van der Waals surface area (Å²) in [6.07, 6.45) is 0.958. The minimum Gasteiger partial charge on any atom is -0.468 e. The molecule has 0 spiro atoms. The fourth-order valence-electron chi connectivity index (χ4n) is 2.34. The molecule has 9 heteroatoms. The van der Waals surface area contributed by atoms with Crippen molar-refractivity contribution in [1.29, 1.82) is 0 Å². The van der Waals surface area contributed by atoms with Crippen LogP contribution in [0.25, 0.3) is 0 Å². The first-order valence-electron chi connectivity index (χ1n) is 6.13. The Bertz CT molecular complexity index is 655. The molecule has 0 amide bonds. The molecule has 1 fully saturated rings. The lowest BCUT2D eigenvalue weighted by molar-refractivity contribution is -0.144. The normalized spacial score (nSPS) is 19.7. The molecule has 6 nitrogen and oxygen atoms in total. The molecule has 0 aliphatic carbocycles.